The minimum atomic E-state index is 0.785. The van der Waals surface area contributed by atoms with Crippen molar-refractivity contribution in [3.8, 4) is 0 Å². The highest BCUT2D eigenvalue weighted by atomic mass is 15.2. The molecule has 0 aromatic heterocycles. The molecular weight excluding hydrogens is 172 g/mol. The molecule has 0 aliphatic heterocycles. The third kappa shape index (κ3) is 2.48. The van der Waals surface area contributed by atoms with Gasteiger partial charge in [-0.25, -0.2) is 0 Å². The molecule has 0 spiro atoms. The lowest BCUT2D eigenvalue weighted by atomic mass is 10.2. The number of rotatable bonds is 5. The van der Waals surface area contributed by atoms with Crippen molar-refractivity contribution in [3.05, 3.63) is 0 Å². The van der Waals surface area contributed by atoms with Crippen LogP contribution in [0.25, 0.3) is 0 Å². The van der Waals surface area contributed by atoms with E-state index in [2.05, 4.69) is 24.2 Å². The molecule has 0 heterocycles. The van der Waals surface area contributed by atoms with Crippen LogP contribution in [0, 0.1) is 5.92 Å². The molecule has 0 aromatic rings. The van der Waals surface area contributed by atoms with E-state index >= 15 is 0 Å². The van der Waals surface area contributed by atoms with Gasteiger partial charge < -0.3 is 10.2 Å². The van der Waals surface area contributed by atoms with Gasteiger partial charge in [-0.15, -0.1) is 0 Å². The van der Waals surface area contributed by atoms with E-state index in [1.807, 2.05) is 0 Å². The van der Waals surface area contributed by atoms with Crippen LogP contribution in [0.5, 0.6) is 0 Å². The van der Waals surface area contributed by atoms with Crippen LogP contribution in [-0.4, -0.2) is 37.1 Å². The van der Waals surface area contributed by atoms with E-state index in [1.54, 1.807) is 0 Å². The molecule has 2 fully saturated rings. The second kappa shape index (κ2) is 4.63. The Morgan fingerprint density at radius 1 is 1.21 bits per heavy atom. The maximum atomic E-state index is 3.42. The molecule has 2 rings (SSSR count). The average molecular weight is 196 g/mol. The van der Waals surface area contributed by atoms with Gasteiger partial charge in [0, 0.05) is 18.6 Å². The van der Waals surface area contributed by atoms with Crippen molar-refractivity contribution < 1.29 is 0 Å². The highest BCUT2D eigenvalue weighted by Crippen LogP contribution is 2.32. The molecule has 0 aromatic carbocycles. The molecule has 2 unspecified atom stereocenters. The smallest absolute Gasteiger partial charge is 0.0111 e. The van der Waals surface area contributed by atoms with Crippen LogP contribution < -0.4 is 5.32 Å². The summed E-state index contributed by atoms with van der Waals surface area (Å²) in [7, 11) is 2.10. The molecule has 2 heteroatoms. The van der Waals surface area contributed by atoms with Crippen LogP contribution in [0.3, 0.4) is 0 Å². The monoisotopic (exact) mass is 196 g/mol. The molecule has 2 aliphatic carbocycles. The molecule has 0 radical (unpaired) electrons. The van der Waals surface area contributed by atoms with Crippen molar-refractivity contribution in [2.24, 2.45) is 5.92 Å². The molecule has 2 nitrogen and oxygen atoms in total. The van der Waals surface area contributed by atoms with Gasteiger partial charge in [0.05, 0.1) is 0 Å². The molecule has 2 saturated carbocycles. The summed E-state index contributed by atoms with van der Waals surface area (Å²) in [5, 5.41) is 3.42. The SMILES string of the molecule is CCN(CC1CC1)C1CCC(NC)C1. The summed E-state index contributed by atoms with van der Waals surface area (Å²) < 4.78 is 0. The van der Waals surface area contributed by atoms with Gasteiger partial charge in [-0.2, -0.15) is 0 Å². The predicted molar refractivity (Wildman–Crippen MR) is 60.5 cm³/mol. The quantitative estimate of drug-likeness (QED) is 0.722. The molecule has 1 N–H and O–H groups in total. The van der Waals surface area contributed by atoms with E-state index in [-0.39, 0.29) is 0 Å². The molecule has 0 amide bonds. The van der Waals surface area contributed by atoms with E-state index in [9.17, 15) is 0 Å². The van der Waals surface area contributed by atoms with E-state index in [0.29, 0.717) is 0 Å². The first-order valence-corrected chi connectivity index (χ1v) is 6.24. The fourth-order valence-electron chi connectivity index (χ4n) is 2.72. The van der Waals surface area contributed by atoms with Gasteiger partial charge in [0.25, 0.3) is 0 Å². The Hall–Kier alpha value is -0.0800. The zero-order chi connectivity index (χ0) is 9.97. The fraction of sp³-hybridized carbons (Fsp3) is 1.00. The van der Waals surface area contributed by atoms with Crippen LogP contribution >= 0.6 is 0 Å². The van der Waals surface area contributed by atoms with Crippen molar-refractivity contribution >= 4 is 0 Å². The van der Waals surface area contributed by atoms with Gasteiger partial charge >= 0.3 is 0 Å². The van der Waals surface area contributed by atoms with E-state index < -0.39 is 0 Å². The lowest BCUT2D eigenvalue weighted by molar-refractivity contribution is 0.198. The Morgan fingerprint density at radius 3 is 2.50 bits per heavy atom. The number of nitrogens with one attached hydrogen (secondary N) is 1. The normalized spacial score (nSPS) is 32.8. The molecule has 0 bridgehead atoms. The molecule has 2 atom stereocenters. The van der Waals surface area contributed by atoms with Gasteiger partial charge in [-0.1, -0.05) is 6.92 Å². The van der Waals surface area contributed by atoms with Gasteiger partial charge in [0.15, 0.2) is 0 Å². The number of hydrogen-bond donors (Lipinski definition) is 1. The standard InChI is InChI=1S/C12H24N2/c1-3-14(9-10-4-5-10)12-7-6-11(8-12)13-2/h10-13H,3-9H2,1-2H3. The number of hydrogen-bond acceptors (Lipinski definition) is 2. The molecule has 0 saturated heterocycles. The minimum Gasteiger partial charge on any atom is -0.317 e. The minimum absolute atomic E-state index is 0.785. The summed E-state index contributed by atoms with van der Waals surface area (Å²) in [6, 6.07) is 1.66. The number of nitrogens with zero attached hydrogens (tertiary/aromatic N) is 1. The van der Waals surface area contributed by atoms with Gasteiger partial charge in [-0.3, -0.25) is 0 Å². The summed E-state index contributed by atoms with van der Waals surface area (Å²) in [5.74, 6) is 1.04. The lowest BCUT2D eigenvalue weighted by Gasteiger charge is -2.27. The topological polar surface area (TPSA) is 15.3 Å². The van der Waals surface area contributed by atoms with Crippen molar-refractivity contribution in [1.29, 1.82) is 0 Å². The van der Waals surface area contributed by atoms with Gasteiger partial charge in [-0.05, 0) is 51.6 Å². The van der Waals surface area contributed by atoms with Crippen LogP contribution in [0.15, 0.2) is 0 Å². The highest BCUT2D eigenvalue weighted by molar-refractivity contribution is 4.88. The lowest BCUT2D eigenvalue weighted by Crippen LogP contribution is -2.36. The van der Waals surface area contributed by atoms with Crippen molar-refractivity contribution in [2.75, 3.05) is 20.1 Å². The Kier molecular flexibility index (Phi) is 3.45. The molecule has 82 valence electrons. The third-order valence-corrected chi connectivity index (χ3v) is 3.93. The first-order valence-electron chi connectivity index (χ1n) is 6.24. The summed E-state index contributed by atoms with van der Waals surface area (Å²) in [5.41, 5.74) is 0. The van der Waals surface area contributed by atoms with Crippen LogP contribution in [0.4, 0.5) is 0 Å². The molecule has 2 aliphatic rings. The van der Waals surface area contributed by atoms with Crippen LogP contribution in [-0.2, 0) is 0 Å². The summed E-state index contributed by atoms with van der Waals surface area (Å²) in [6.07, 6.45) is 7.13. The second-order valence-electron chi connectivity index (χ2n) is 4.98. The predicted octanol–water partition coefficient (Wildman–Crippen LogP) is 1.86. The Morgan fingerprint density at radius 2 is 2.00 bits per heavy atom. The summed E-state index contributed by atoms with van der Waals surface area (Å²) in [6.45, 7) is 4.93. The van der Waals surface area contributed by atoms with Crippen molar-refractivity contribution in [1.82, 2.24) is 10.2 Å². The molecular formula is C12H24N2. The largest absolute Gasteiger partial charge is 0.317 e. The maximum Gasteiger partial charge on any atom is 0.0111 e. The Bertz CT molecular complexity index is 177. The van der Waals surface area contributed by atoms with E-state index in [0.717, 1.165) is 18.0 Å². The van der Waals surface area contributed by atoms with Gasteiger partial charge in [0.2, 0.25) is 0 Å². The van der Waals surface area contributed by atoms with Crippen LogP contribution in [0.2, 0.25) is 0 Å². The van der Waals surface area contributed by atoms with Crippen LogP contribution in [0.1, 0.15) is 39.0 Å². The fourth-order valence-corrected chi connectivity index (χ4v) is 2.72. The van der Waals surface area contributed by atoms with E-state index in [4.69, 9.17) is 0 Å². The Balaban J connectivity index is 1.79. The van der Waals surface area contributed by atoms with Crippen molar-refractivity contribution in [2.45, 2.75) is 51.1 Å². The first kappa shape index (κ1) is 10.4. The van der Waals surface area contributed by atoms with E-state index in [1.165, 1.54) is 45.2 Å². The van der Waals surface area contributed by atoms with Gasteiger partial charge in [0.1, 0.15) is 0 Å². The summed E-state index contributed by atoms with van der Waals surface area (Å²) in [4.78, 5) is 2.72. The third-order valence-electron chi connectivity index (χ3n) is 3.93. The second-order valence-corrected chi connectivity index (χ2v) is 4.98. The first-order chi connectivity index (χ1) is 6.83. The zero-order valence-electron chi connectivity index (χ0n) is 9.63. The average Bonchev–Trinajstić information content (AvgIpc) is 2.90. The highest BCUT2D eigenvalue weighted by Gasteiger charge is 2.31. The Labute approximate surface area is 88.1 Å². The molecule has 14 heavy (non-hydrogen) atoms. The zero-order valence-corrected chi connectivity index (χ0v) is 9.63. The summed E-state index contributed by atoms with van der Waals surface area (Å²) >= 11 is 0. The maximum absolute atomic E-state index is 3.42. The van der Waals surface area contributed by atoms with Crippen molar-refractivity contribution in [3.63, 3.8) is 0 Å².